The Morgan fingerprint density at radius 3 is 2.26 bits per heavy atom. The van der Waals surface area contributed by atoms with Crippen LogP contribution in [-0.2, 0) is 10.2 Å². The average molecular weight is 283 g/mol. The van der Waals surface area contributed by atoms with Crippen molar-refractivity contribution in [1.29, 1.82) is 0 Å². The van der Waals surface area contributed by atoms with Crippen LogP contribution in [0.1, 0.15) is 19.8 Å². The molecule has 2 N–H and O–H groups in total. The van der Waals surface area contributed by atoms with E-state index in [1.54, 1.807) is 35.6 Å². The summed E-state index contributed by atoms with van der Waals surface area (Å²) in [6, 6.07) is 6.86. The van der Waals surface area contributed by atoms with E-state index in [9.17, 15) is 8.42 Å². The number of hydrogen-bond acceptors (Lipinski definition) is 3. The summed E-state index contributed by atoms with van der Waals surface area (Å²) in [6.07, 6.45) is 1.85. The molecular formula is C13H21N3O2S. The van der Waals surface area contributed by atoms with Crippen LogP contribution in [0.5, 0.6) is 0 Å². The van der Waals surface area contributed by atoms with E-state index in [0.717, 1.165) is 12.8 Å². The first-order chi connectivity index (χ1) is 8.91. The minimum absolute atomic E-state index is 0.600. The van der Waals surface area contributed by atoms with Crippen LogP contribution >= 0.6 is 0 Å². The van der Waals surface area contributed by atoms with Gasteiger partial charge in [-0.2, -0.15) is 12.7 Å². The van der Waals surface area contributed by atoms with Crippen molar-refractivity contribution in [2.24, 2.45) is 5.92 Å². The molecule has 0 atom stereocenters. The molecule has 0 radical (unpaired) electrons. The minimum atomic E-state index is -3.43. The zero-order chi connectivity index (χ0) is 14.0. The average Bonchev–Trinajstić information content (AvgIpc) is 2.39. The molecule has 0 aromatic heterocycles. The van der Waals surface area contributed by atoms with E-state index >= 15 is 0 Å². The van der Waals surface area contributed by atoms with Crippen LogP contribution in [0, 0.1) is 5.92 Å². The third-order valence-electron chi connectivity index (χ3n) is 3.67. The Balaban J connectivity index is 2.17. The van der Waals surface area contributed by atoms with E-state index in [2.05, 4.69) is 6.92 Å². The third-order valence-corrected chi connectivity index (χ3v) is 5.59. The van der Waals surface area contributed by atoms with Crippen LogP contribution in [0.4, 0.5) is 11.4 Å². The second kappa shape index (κ2) is 5.38. The van der Waals surface area contributed by atoms with Gasteiger partial charge >= 0.3 is 10.2 Å². The second-order valence-corrected chi connectivity index (χ2v) is 7.11. The van der Waals surface area contributed by atoms with Crippen molar-refractivity contribution in [2.45, 2.75) is 19.8 Å². The van der Waals surface area contributed by atoms with Crippen molar-refractivity contribution in [3.63, 3.8) is 0 Å². The molecule has 19 heavy (non-hydrogen) atoms. The largest absolute Gasteiger partial charge is 0.399 e. The number of piperidine rings is 1. The Morgan fingerprint density at radius 1 is 1.21 bits per heavy atom. The van der Waals surface area contributed by atoms with Gasteiger partial charge in [0.2, 0.25) is 0 Å². The molecule has 2 rings (SSSR count). The van der Waals surface area contributed by atoms with Crippen LogP contribution < -0.4 is 10.0 Å². The molecule has 1 fully saturated rings. The molecule has 1 aliphatic heterocycles. The van der Waals surface area contributed by atoms with E-state index in [0.29, 0.717) is 30.4 Å². The number of nitrogens with two attached hydrogens (primary N) is 1. The van der Waals surface area contributed by atoms with Crippen molar-refractivity contribution in [3.05, 3.63) is 24.3 Å². The Bertz CT molecular complexity index is 519. The van der Waals surface area contributed by atoms with Gasteiger partial charge in [0.15, 0.2) is 0 Å². The van der Waals surface area contributed by atoms with Gasteiger partial charge in [0.05, 0.1) is 5.69 Å². The van der Waals surface area contributed by atoms with Gasteiger partial charge in [-0.05, 0) is 43.0 Å². The lowest BCUT2D eigenvalue weighted by Gasteiger charge is -2.33. The maximum Gasteiger partial charge on any atom is 0.303 e. The number of hydrogen-bond donors (Lipinski definition) is 1. The first-order valence-electron chi connectivity index (χ1n) is 6.51. The minimum Gasteiger partial charge on any atom is -0.399 e. The maximum atomic E-state index is 12.5. The molecule has 0 aliphatic carbocycles. The summed E-state index contributed by atoms with van der Waals surface area (Å²) in [5, 5.41) is 0. The van der Waals surface area contributed by atoms with Crippen molar-refractivity contribution in [3.8, 4) is 0 Å². The van der Waals surface area contributed by atoms with Gasteiger partial charge in [0.25, 0.3) is 0 Å². The van der Waals surface area contributed by atoms with Crippen LogP contribution in [0.2, 0.25) is 0 Å². The molecule has 1 heterocycles. The van der Waals surface area contributed by atoms with Crippen molar-refractivity contribution >= 4 is 21.6 Å². The second-order valence-electron chi connectivity index (χ2n) is 5.15. The molecule has 0 unspecified atom stereocenters. The van der Waals surface area contributed by atoms with Crippen LogP contribution in [0.15, 0.2) is 24.3 Å². The molecule has 0 amide bonds. The van der Waals surface area contributed by atoms with E-state index in [4.69, 9.17) is 5.73 Å². The summed E-state index contributed by atoms with van der Waals surface area (Å²) in [6.45, 7) is 3.36. The van der Waals surface area contributed by atoms with Crippen LogP contribution in [0.3, 0.4) is 0 Å². The summed E-state index contributed by atoms with van der Waals surface area (Å²) in [5.41, 5.74) is 6.87. The topological polar surface area (TPSA) is 66.6 Å². The normalized spacial score (nSPS) is 18.4. The number of nitrogen functional groups attached to an aromatic ring is 1. The van der Waals surface area contributed by atoms with Gasteiger partial charge in [-0.25, -0.2) is 0 Å². The molecular weight excluding hydrogens is 262 g/mol. The predicted octanol–water partition coefficient (Wildman–Crippen LogP) is 1.68. The molecule has 0 saturated carbocycles. The van der Waals surface area contributed by atoms with E-state index < -0.39 is 10.2 Å². The summed E-state index contributed by atoms with van der Waals surface area (Å²) in [4.78, 5) is 0. The highest BCUT2D eigenvalue weighted by Gasteiger charge is 2.30. The highest BCUT2D eigenvalue weighted by Crippen LogP contribution is 2.24. The highest BCUT2D eigenvalue weighted by molar-refractivity contribution is 7.90. The smallest absolute Gasteiger partial charge is 0.303 e. The van der Waals surface area contributed by atoms with Gasteiger partial charge in [0, 0.05) is 25.8 Å². The van der Waals surface area contributed by atoms with Crippen molar-refractivity contribution in [1.82, 2.24) is 4.31 Å². The van der Waals surface area contributed by atoms with Gasteiger partial charge in [-0.1, -0.05) is 6.92 Å². The summed E-state index contributed by atoms with van der Waals surface area (Å²) < 4.78 is 27.9. The molecule has 0 bridgehead atoms. The fourth-order valence-electron chi connectivity index (χ4n) is 2.21. The number of rotatable bonds is 3. The number of anilines is 2. The molecule has 1 saturated heterocycles. The molecule has 0 spiro atoms. The standard InChI is InChI=1S/C13H21N3O2S/c1-11-7-9-16(10-8-11)19(17,18)15(2)13-5-3-12(14)4-6-13/h3-6,11H,7-10,14H2,1-2H3. The van der Waals surface area contributed by atoms with E-state index in [1.165, 1.54) is 4.31 Å². The SMILES string of the molecule is CC1CCN(S(=O)(=O)N(C)c2ccc(N)cc2)CC1. The van der Waals surface area contributed by atoms with Crippen molar-refractivity contribution < 1.29 is 8.42 Å². The van der Waals surface area contributed by atoms with Crippen molar-refractivity contribution in [2.75, 3.05) is 30.2 Å². The fourth-order valence-corrected chi connectivity index (χ4v) is 3.61. The molecule has 1 aromatic carbocycles. The zero-order valence-electron chi connectivity index (χ0n) is 11.4. The molecule has 6 heteroatoms. The first kappa shape index (κ1) is 14.1. The Kier molecular flexibility index (Phi) is 4.01. The lowest BCUT2D eigenvalue weighted by atomic mass is 10.0. The fraction of sp³-hybridized carbons (Fsp3) is 0.538. The molecule has 5 nitrogen and oxygen atoms in total. The Labute approximate surface area is 115 Å². The predicted molar refractivity (Wildman–Crippen MR) is 78.1 cm³/mol. The summed E-state index contributed by atoms with van der Waals surface area (Å²) >= 11 is 0. The quantitative estimate of drug-likeness (QED) is 0.858. The van der Waals surface area contributed by atoms with E-state index in [1.807, 2.05) is 0 Å². The van der Waals surface area contributed by atoms with Gasteiger partial charge < -0.3 is 5.73 Å². The first-order valence-corrected chi connectivity index (χ1v) is 7.90. The maximum absolute atomic E-state index is 12.5. The summed E-state index contributed by atoms with van der Waals surface area (Å²) in [7, 11) is -1.84. The Morgan fingerprint density at radius 2 is 1.74 bits per heavy atom. The van der Waals surface area contributed by atoms with Gasteiger partial charge in [-0.3, -0.25) is 4.31 Å². The molecule has 106 valence electrons. The van der Waals surface area contributed by atoms with E-state index in [-0.39, 0.29) is 0 Å². The van der Waals surface area contributed by atoms with Gasteiger partial charge in [0.1, 0.15) is 0 Å². The monoisotopic (exact) mass is 283 g/mol. The number of nitrogens with zero attached hydrogens (tertiary/aromatic N) is 2. The van der Waals surface area contributed by atoms with Gasteiger partial charge in [-0.15, -0.1) is 0 Å². The lowest BCUT2D eigenvalue weighted by molar-refractivity contribution is 0.287. The Hall–Kier alpha value is -1.27. The molecule has 1 aromatic rings. The van der Waals surface area contributed by atoms with Crippen LogP contribution in [-0.4, -0.2) is 32.9 Å². The molecule has 1 aliphatic rings. The third kappa shape index (κ3) is 3.01. The highest BCUT2D eigenvalue weighted by atomic mass is 32.2. The zero-order valence-corrected chi connectivity index (χ0v) is 12.2. The number of benzene rings is 1. The lowest BCUT2D eigenvalue weighted by Crippen LogP contribution is -2.45. The van der Waals surface area contributed by atoms with Crippen LogP contribution in [0.25, 0.3) is 0 Å². The summed E-state index contributed by atoms with van der Waals surface area (Å²) in [5.74, 6) is 0.605.